The van der Waals surface area contributed by atoms with Gasteiger partial charge in [0.05, 0.1) is 0 Å². The van der Waals surface area contributed by atoms with Gasteiger partial charge in [-0.25, -0.2) is 9.59 Å². The average Bonchev–Trinajstić information content (AvgIpc) is 1.52. The first-order valence-electron chi connectivity index (χ1n) is 3.14. The predicted molar refractivity (Wildman–Crippen MR) is 43.1 cm³/mol. The van der Waals surface area contributed by atoms with Crippen LogP contribution >= 0.6 is 0 Å². The summed E-state index contributed by atoms with van der Waals surface area (Å²) in [6.45, 7) is 5.38. The number of amides is 2. The highest BCUT2D eigenvalue weighted by molar-refractivity contribution is 5.65. The summed E-state index contributed by atoms with van der Waals surface area (Å²) in [7, 11) is 0. The Morgan fingerprint density at radius 3 is 1.50 bits per heavy atom. The molecule has 0 aliphatic carbocycles. The van der Waals surface area contributed by atoms with Crippen molar-refractivity contribution in [1.29, 1.82) is 0 Å². The van der Waals surface area contributed by atoms with E-state index in [1.54, 1.807) is 20.8 Å². The van der Waals surface area contributed by atoms with E-state index in [0.717, 1.165) is 0 Å². The summed E-state index contributed by atoms with van der Waals surface area (Å²) in [4.78, 5) is 18.7. The van der Waals surface area contributed by atoms with Gasteiger partial charge in [0, 0.05) is 5.54 Å². The average molecular weight is 178 g/mol. The molecule has 0 bridgehead atoms. The smallest absolute Gasteiger partial charge is 0.405 e. The van der Waals surface area contributed by atoms with Crippen LogP contribution in [0.2, 0.25) is 0 Å². The maximum atomic E-state index is 9.90. The fourth-order valence-electron chi connectivity index (χ4n) is 0.321. The van der Waals surface area contributed by atoms with Gasteiger partial charge >= 0.3 is 12.2 Å². The third-order valence-electron chi connectivity index (χ3n) is 0.482. The van der Waals surface area contributed by atoms with E-state index >= 15 is 0 Å². The molecule has 0 aromatic heterocycles. The maximum absolute atomic E-state index is 9.90. The van der Waals surface area contributed by atoms with Gasteiger partial charge in [-0.05, 0) is 20.8 Å². The minimum atomic E-state index is -1.33. The molecule has 0 unspecified atom stereocenters. The molecule has 0 aliphatic heterocycles. The molecule has 0 fully saturated rings. The first-order chi connectivity index (χ1) is 5.15. The molecule has 2 amide bonds. The van der Waals surface area contributed by atoms with Gasteiger partial charge in [0.1, 0.15) is 0 Å². The van der Waals surface area contributed by atoms with Crippen molar-refractivity contribution in [2.75, 3.05) is 0 Å². The van der Waals surface area contributed by atoms with Crippen LogP contribution in [0.3, 0.4) is 0 Å². The molecule has 0 saturated heterocycles. The van der Waals surface area contributed by atoms with Gasteiger partial charge in [-0.1, -0.05) is 0 Å². The third-order valence-corrected chi connectivity index (χ3v) is 0.482. The zero-order valence-electron chi connectivity index (χ0n) is 7.29. The lowest BCUT2D eigenvalue weighted by Gasteiger charge is -2.16. The Hall–Kier alpha value is -1.46. The summed E-state index contributed by atoms with van der Waals surface area (Å²) in [5.74, 6) is 0. The monoisotopic (exact) mass is 178 g/mol. The second kappa shape index (κ2) is 5.22. The first-order valence-corrected chi connectivity index (χ1v) is 3.14. The predicted octanol–water partition coefficient (Wildman–Crippen LogP) is 0.676. The van der Waals surface area contributed by atoms with Crippen LogP contribution in [0.25, 0.3) is 0 Å². The zero-order valence-corrected chi connectivity index (χ0v) is 7.29. The minimum absolute atomic E-state index is 0.328. The van der Waals surface area contributed by atoms with Gasteiger partial charge in [-0.3, -0.25) is 0 Å². The van der Waals surface area contributed by atoms with Crippen LogP contribution < -0.4 is 11.1 Å². The van der Waals surface area contributed by atoms with Crippen molar-refractivity contribution in [1.82, 2.24) is 5.32 Å². The van der Waals surface area contributed by atoms with E-state index in [4.69, 9.17) is 15.0 Å². The van der Waals surface area contributed by atoms with Crippen molar-refractivity contribution in [3.8, 4) is 0 Å². The van der Waals surface area contributed by atoms with Crippen molar-refractivity contribution in [2.45, 2.75) is 26.3 Å². The van der Waals surface area contributed by atoms with Gasteiger partial charge in [0.2, 0.25) is 0 Å². The van der Waals surface area contributed by atoms with Gasteiger partial charge < -0.3 is 21.3 Å². The quantitative estimate of drug-likeness (QED) is 0.436. The molecule has 0 saturated carbocycles. The topological polar surface area (TPSA) is 113 Å². The Bertz CT molecular complexity index is 157. The molecule has 0 aromatic carbocycles. The Balaban J connectivity index is 0. The summed E-state index contributed by atoms with van der Waals surface area (Å²) >= 11 is 0. The molecule has 0 rings (SSSR count). The number of rotatable bonds is 0. The SMILES string of the molecule is CC(C)(C)NC(=O)O.NC(=O)O. The highest BCUT2D eigenvalue weighted by Gasteiger charge is 2.10. The number of hydrogen-bond acceptors (Lipinski definition) is 2. The van der Waals surface area contributed by atoms with Crippen LogP contribution in [0.5, 0.6) is 0 Å². The zero-order chi connectivity index (χ0) is 10.4. The third kappa shape index (κ3) is 38.7. The molecular weight excluding hydrogens is 164 g/mol. The van der Waals surface area contributed by atoms with E-state index in [1.165, 1.54) is 0 Å². The molecule has 0 heterocycles. The van der Waals surface area contributed by atoms with Gasteiger partial charge in [0.15, 0.2) is 0 Å². The largest absolute Gasteiger partial charge is 0.465 e. The number of carbonyl (C=O) groups is 2. The van der Waals surface area contributed by atoms with E-state index < -0.39 is 12.2 Å². The lowest BCUT2D eigenvalue weighted by molar-refractivity contribution is 0.184. The molecular formula is C6H14N2O4. The summed E-state index contributed by atoms with van der Waals surface area (Å²) in [6.07, 6.45) is -2.31. The molecule has 6 heteroatoms. The van der Waals surface area contributed by atoms with E-state index in [1.807, 2.05) is 0 Å². The number of nitrogens with two attached hydrogens (primary N) is 1. The Labute approximate surface area is 70.4 Å². The summed E-state index contributed by atoms with van der Waals surface area (Å²) in [5.41, 5.74) is 3.70. The van der Waals surface area contributed by atoms with Gasteiger partial charge in [-0.15, -0.1) is 0 Å². The van der Waals surface area contributed by atoms with E-state index in [-0.39, 0.29) is 5.54 Å². The van der Waals surface area contributed by atoms with Crippen molar-refractivity contribution in [3.63, 3.8) is 0 Å². The van der Waals surface area contributed by atoms with E-state index in [0.29, 0.717) is 0 Å². The van der Waals surface area contributed by atoms with Gasteiger partial charge in [0.25, 0.3) is 0 Å². The molecule has 0 aromatic rings. The van der Waals surface area contributed by atoms with Crippen molar-refractivity contribution in [2.24, 2.45) is 5.73 Å². The van der Waals surface area contributed by atoms with Crippen molar-refractivity contribution < 1.29 is 19.8 Å². The standard InChI is InChI=1S/C5H11NO2.CH3NO2/c1-5(2,3)6-4(7)8;2-1(3)4/h6H,1-3H3,(H,7,8);2H2,(H,3,4). The van der Waals surface area contributed by atoms with Crippen LogP contribution in [0.4, 0.5) is 9.59 Å². The van der Waals surface area contributed by atoms with Gasteiger partial charge in [-0.2, -0.15) is 0 Å². The highest BCUT2D eigenvalue weighted by Crippen LogP contribution is 1.96. The normalized spacial score (nSPS) is 9.25. The molecule has 0 radical (unpaired) electrons. The number of hydrogen-bond donors (Lipinski definition) is 4. The molecule has 0 atom stereocenters. The molecule has 12 heavy (non-hydrogen) atoms. The number of carboxylic acid groups (broad SMARTS) is 2. The summed E-state index contributed by atoms with van der Waals surface area (Å²) in [6, 6.07) is 0. The molecule has 5 N–H and O–H groups in total. The number of primary amides is 1. The van der Waals surface area contributed by atoms with Crippen LogP contribution in [0.1, 0.15) is 20.8 Å². The van der Waals surface area contributed by atoms with Crippen molar-refractivity contribution in [3.05, 3.63) is 0 Å². The summed E-state index contributed by atoms with van der Waals surface area (Å²) < 4.78 is 0. The Kier molecular flexibility index (Phi) is 5.73. The second-order valence-electron chi connectivity index (χ2n) is 3.02. The fourth-order valence-corrected chi connectivity index (χ4v) is 0.321. The Morgan fingerprint density at radius 1 is 1.25 bits per heavy atom. The molecule has 6 nitrogen and oxygen atoms in total. The molecule has 72 valence electrons. The van der Waals surface area contributed by atoms with Crippen LogP contribution in [0.15, 0.2) is 0 Å². The molecule has 0 aliphatic rings. The maximum Gasteiger partial charge on any atom is 0.405 e. The van der Waals surface area contributed by atoms with Crippen LogP contribution in [-0.2, 0) is 0 Å². The molecule has 0 spiro atoms. The van der Waals surface area contributed by atoms with Crippen molar-refractivity contribution >= 4 is 12.2 Å². The Morgan fingerprint density at radius 2 is 1.50 bits per heavy atom. The number of nitrogens with one attached hydrogen (secondary N) is 1. The summed E-state index contributed by atoms with van der Waals surface area (Å²) in [5, 5.41) is 17.6. The lowest BCUT2D eigenvalue weighted by Crippen LogP contribution is -2.39. The van der Waals surface area contributed by atoms with Crippen LogP contribution in [0, 0.1) is 0 Å². The fraction of sp³-hybridized carbons (Fsp3) is 0.667. The highest BCUT2D eigenvalue weighted by atomic mass is 16.4. The second-order valence-corrected chi connectivity index (χ2v) is 3.02. The van der Waals surface area contributed by atoms with E-state index in [9.17, 15) is 4.79 Å². The first kappa shape index (κ1) is 13.2. The van der Waals surface area contributed by atoms with E-state index in [2.05, 4.69) is 11.1 Å². The lowest BCUT2D eigenvalue weighted by atomic mass is 10.1. The van der Waals surface area contributed by atoms with Crippen LogP contribution in [-0.4, -0.2) is 27.9 Å². The minimum Gasteiger partial charge on any atom is -0.465 e.